The molecule has 0 fully saturated rings. The summed E-state index contributed by atoms with van der Waals surface area (Å²) in [4.78, 5) is 33.9. The lowest BCUT2D eigenvalue weighted by molar-refractivity contribution is -0.384. The highest BCUT2D eigenvalue weighted by molar-refractivity contribution is 5.96. The third-order valence-corrected chi connectivity index (χ3v) is 3.48. The molecule has 25 heavy (non-hydrogen) atoms. The lowest BCUT2D eigenvalue weighted by Gasteiger charge is -2.14. The summed E-state index contributed by atoms with van der Waals surface area (Å²) >= 11 is 0. The number of carbonyl (C=O) groups is 2. The van der Waals surface area contributed by atoms with Gasteiger partial charge in [-0.05, 0) is 18.6 Å². The van der Waals surface area contributed by atoms with Gasteiger partial charge in [0.25, 0.3) is 11.6 Å². The molecular formula is C17H17N3O5. The maximum atomic E-state index is 12.0. The van der Waals surface area contributed by atoms with Gasteiger partial charge in [-0.2, -0.15) is 0 Å². The number of hydrogen-bond donors (Lipinski definition) is 2. The van der Waals surface area contributed by atoms with Gasteiger partial charge in [0.15, 0.2) is 6.61 Å². The Kier molecular flexibility index (Phi) is 5.67. The maximum absolute atomic E-state index is 12.0. The summed E-state index contributed by atoms with van der Waals surface area (Å²) in [6.45, 7) is 1.33. The minimum Gasteiger partial charge on any atom is -0.452 e. The fourth-order valence-electron chi connectivity index (χ4n) is 2.17. The minimum atomic E-state index is -0.824. The largest absolute Gasteiger partial charge is 0.452 e. The summed E-state index contributed by atoms with van der Waals surface area (Å²) in [6.07, 6.45) is 0. The van der Waals surface area contributed by atoms with E-state index in [0.29, 0.717) is 0 Å². The average Bonchev–Trinajstić information content (AvgIpc) is 2.60. The Balaban J connectivity index is 1.91. The molecule has 0 bridgehead atoms. The van der Waals surface area contributed by atoms with Crippen molar-refractivity contribution < 1.29 is 19.2 Å². The second kappa shape index (κ2) is 7.91. The molecule has 0 saturated carbocycles. The van der Waals surface area contributed by atoms with Gasteiger partial charge in [-0.25, -0.2) is 4.79 Å². The van der Waals surface area contributed by atoms with E-state index in [1.165, 1.54) is 6.07 Å². The van der Waals surface area contributed by atoms with Crippen LogP contribution in [0.3, 0.4) is 0 Å². The Morgan fingerprint density at radius 2 is 1.92 bits per heavy atom. The SMILES string of the molecule is C[C@H](NC(=O)COC(=O)c1ccc([N+](=O)[O-])cc1N)c1ccccc1. The van der Waals surface area contributed by atoms with Crippen molar-refractivity contribution in [2.24, 2.45) is 0 Å². The highest BCUT2D eigenvalue weighted by atomic mass is 16.6. The number of rotatable bonds is 6. The number of nitrogens with two attached hydrogens (primary N) is 1. The average molecular weight is 343 g/mol. The van der Waals surface area contributed by atoms with Crippen molar-refractivity contribution in [3.63, 3.8) is 0 Å². The van der Waals surface area contributed by atoms with Crippen molar-refractivity contribution >= 4 is 23.3 Å². The van der Waals surface area contributed by atoms with Crippen LogP contribution < -0.4 is 11.1 Å². The molecule has 3 N–H and O–H groups in total. The van der Waals surface area contributed by atoms with E-state index < -0.39 is 23.4 Å². The highest BCUT2D eigenvalue weighted by Crippen LogP contribution is 2.20. The Labute approximate surface area is 143 Å². The van der Waals surface area contributed by atoms with Gasteiger partial charge in [-0.15, -0.1) is 0 Å². The topological polar surface area (TPSA) is 125 Å². The zero-order valence-electron chi connectivity index (χ0n) is 13.5. The van der Waals surface area contributed by atoms with Gasteiger partial charge in [0, 0.05) is 12.1 Å². The molecule has 0 aliphatic heterocycles. The molecule has 2 aromatic rings. The van der Waals surface area contributed by atoms with Crippen LogP contribution in [0, 0.1) is 10.1 Å². The van der Waals surface area contributed by atoms with E-state index in [1.54, 1.807) is 0 Å². The molecule has 0 spiro atoms. The summed E-state index contributed by atoms with van der Waals surface area (Å²) in [6, 6.07) is 12.5. The molecule has 0 heterocycles. The smallest absolute Gasteiger partial charge is 0.340 e. The molecule has 1 atom stereocenters. The summed E-state index contributed by atoms with van der Waals surface area (Å²) in [5.41, 5.74) is 6.18. The number of anilines is 1. The molecule has 1 amide bonds. The van der Waals surface area contributed by atoms with Crippen LogP contribution in [0.5, 0.6) is 0 Å². The Morgan fingerprint density at radius 3 is 2.52 bits per heavy atom. The predicted molar refractivity (Wildman–Crippen MR) is 90.8 cm³/mol. The first-order valence-electron chi connectivity index (χ1n) is 7.44. The van der Waals surface area contributed by atoms with Crippen LogP contribution >= 0.6 is 0 Å². The second-order valence-electron chi connectivity index (χ2n) is 5.30. The molecule has 8 nitrogen and oxygen atoms in total. The first kappa shape index (κ1) is 17.9. The molecule has 0 aliphatic rings. The van der Waals surface area contributed by atoms with Gasteiger partial charge in [0.2, 0.25) is 0 Å². The van der Waals surface area contributed by atoms with Crippen molar-refractivity contribution in [2.45, 2.75) is 13.0 Å². The molecule has 0 unspecified atom stereocenters. The summed E-state index contributed by atoms with van der Waals surface area (Å²) in [5, 5.41) is 13.4. The minimum absolute atomic E-state index is 0.0329. The van der Waals surface area contributed by atoms with Crippen LogP contribution in [0.1, 0.15) is 28.9 Å². The number of nitro benzene ring substituents is 1. The normalized spacial score (nSPS) is 11.4. The number of hydrogen-bond acceptors (Lipinski definition) is 6. The van der Waals surface area contributed by atoms with Crippen LogP contribution in [0.4, 0.5) is 11.4 Å². The van der Waals surface area contributed by atoms with E-state index in [4.69, 9.17) is 10.5 Å². The van der Waals surface area contributed by atoms with Crippen molar-refractivity contribution in [3.8, 4) is 0 Å². The third-order valence-electron chi connectivity index (χ3n) is 3.48. The number of nitrogen functional groups attached to an aromatic ring is 1. The second-order valence-corrected chi connectivity index (χ2v) is 5.30. The molecule has 0 radical (unpaired) electrons. The van der Waals surface area contributed by atoms with Crippen LogP contribution in [-0.2, 0) is 9.53 Å². The molecule has 0 saturated heterocycles. The lowest BCUT2D eigenvalue weighted by atomic mass is 10.1. The summed E-state index contributed by atoms with van der Waals surface area (Å²) in [5.74, 6) is -1.29. The van der Waals surface area contributed by atoms with E-state index >= 15 is 0 Å². The van der Waals surface area contributed by atoms with Crippen molar-refractivity contribution in [2.75, 3.05) is 12.3 Å². The zero-order valence-corrected chi connectivity index (χ0v) is 13.5. The number of non-ortho nitro benzene ring substituents is 1. The van der Waals surface area contributed by atoms with Crippen molar-refractivity contribution in [1.29, 1.82) is 0 Å². The van der Waals surface area contributed by atoms with Crippen LogP contribution in [0.25, 0.3) is 0 Å². The standard InChI is InChI=1S/C17H17N3O5/c1-11(12-5-3-2-4-6-12)19-16(21)10-25-17(22)14-8-7-13(20(23)24)9-15(14)18/h2-9,11H,10,18H2,1H3,(H,19,21)/t11-/m0/s1. The molecule has 2 aromatic carbocycles. The zero-order chi connectivity index (χ0) is 18.4. The van der Waals surface area contributed by atoms with E-state index in [1.807, 2.05) is 37.3 Å². The number of carbonyl (C=O) groups excluding carboxylic acids is 2. The molecule has 2 rings (SSSR count). The molecule has 0 aliphatic carbocycles. The number of benzene rings is 2. The van der Waals surface area contributed by atoms with Gasteiger partial charge in [-0.1, -0.05) is 30.3 Å². The van der Waals surface area contributed by atoms with Gasteiger partial charge < -0.3 is 15.8 Å². The molecule has 130 valence electrons. The quantitative estimate of drug-likeness (QED) is 0.358. The number of ether oxygens (including phenoxy) is 1. The van der Waals surface area contributed by atoms with Gasteiger partial charge >= 0.3 is 5.97 Å². The van der Waals surface area contributed by atoms with E-state index in [9.17, 15) is 19.7 Å². The number of amides is 1. The number of nitrogens with one attached hydrogen (secondary N) is 1. The van der Waals surface area contributed by atoms with E-state index in [-0.39, 0.29) is 23.0 Å². The van der Waals surface area contributed by atoms with Crippen molar-refractivity contribution in [3.05, 3.63) is 69.8 Å². The van der Waals surface area contributed by atoms with Gasteiger partial charge in [0.05, 0.1) is 22.2 Å². The van der Waals surface area contributed by atoms with E-state index in [0.717, 1.165) is 17.7 Å². The third kappa shape index (κ3) is 4.77. The van der Waals surface area contributed by atoms with Gasteiger partial charge in [0.1, 0.15) is 0 Å². The predicted octanol–water partition coefficient (Wildman–Crippen LogP) is 2.21. The Bertz CT molecular complexity index is 792. The van der Waals surface area contributed by atoms with Gasteiger partial charge in [-0.3, -0.25) is 14.9 Å². The maximum Gasteiger partial charge on any atom is 0.340 e. The molecule has 0 aromatic heterocycles. The first-order valence-corrected chi connectivity index (χ1v) is 7.44. The van der Waals surface area contributed by atoms with Crippen molar-refractivity contribution in [1.82, 2.24) is 5.32 Å². The fraction of sp³-hybridized carbons (Fsp3) is 0.176. The summed E-state index contributed by atoms with van der Waals surface area (Å²) < 4.78 is 4.91. The molecule has 8 heteroatoms. The lowest BCUT2D eigenvalue weighted by Crippen LogP contribution is -2.31. The number of nitrogens with zero attached hydrogens (tertiary/aromatic N) is 1. The molecular weight excluding hydrogens is 326 g/mol. The van der Waals surface area contributed by atoms with Crippen LogP contribution in [0.2, 0.25) is 0 Å². The fourth-order valence-corrected chi connectivity index (χ4v) is 2.17. The summed E-state index contributed by atoms with van der Waals surface area (Å²) in [7, 11) is 0. The van der Waals surface area contributed by atoms with E-state index in [2.05, 4.69) is 5.32 Å². The number of esters is 1. The Morgan fingerprint density at radius 1 is 1.24 bits per heavy atom. The van der Waals surface area contributed by atoms with Crippen LogP contribution in [0.15, 0.2) is 48.5 Å². The van der Waals surface area contributed by atoms with Crippen LogP contribution in [-0.4, -0.2) is 23.4 Å². The monoisotopic (exact) mass is 343 g/mol. The number of nitro groups is 1. The highest BCUT2D eigenvalue weighted by Gasteiger charge is 2.17. The Hall–Kier alpha value is -3.42. The first-order chi connectivity index (χ1) is 11.9.